The predicted octanol–water partition coefficient (Wildman–Crippen LogP) is 3.77. The number of nitrogens with zero attached hydrogens (tertiary/aromatic N) is 1. The van der Waals surface area contributed by atoms with E-state index in [1.165, 1.54) is 4.90 Å². The Morgan fingerprint density at radius 3 is 2.75 bits per heavy atom. The van der Waals surface area contributed by atoms with Crippen LogP contribution < -0.4 is 0 Å². The molecule has 0 aliphatic carbocycles. The van der Waals surface area contributed by atoms with Gasteiger partial charge in [0.25, 0.3) is 0 Å². The van der Waals surface area contributed by atoms with Crippen LogP contribution in [-0.2, 0) is 20.9 Å². The molecule has 24 heavy (non-hydrogen) atoms. The van der Waals surface area contributed by atoms with Gasteiger partial charge in [0, 0.05) is 0 Å². The molecule has 1 aliphatic heterocycles. The predicted molar refractivity (Wildman–Crippen MR) is 91.4 cm³/mol. The number of rotatable bonds is 9. The van der Waals surface area contributed by atoms with Crippen molar-refractivity contribution in [3.63, 3.8) is 0 Å². The Kier molecular flexibility index (Phi) is 7.25. The zero-order chi connectivity index (χ0) is 17.4. The molecule has 5 nitrogen and oxygen atoms in total. The van der Waals surface area contributed by atoms with Crippen molar-refractivity contribution < 1.29 is 19.1 Å². The lowest BCUT2D eigenvalue weighted by Gasteiger charge is -2.24. The average molecular weight is 333 g/mol. The van der Waals surface area contributed by atoms with Crippen LogP contribution in [0.1, 0.15) is 45.1 Å². The maximum absolute atomic E-state index is 12.7. The third-order valence-electron chi connectivity index (χ3n) is 4.36. The highest BCUT2D eigenvalue weighted by molar-refractivity contribution is 5.94. The van der Waals surface area contributed by atoms with Crippen molar-refractivity contribution >= 4 is 12.0 Å². The second kappa shape index (κ2) is 9.42. The summed E-state index contributed by atoms with van der Waals surface area (Å²) in [6.45, 7) is 5.13. The minimum Gasteiger partial charge on any atom is -0.447 e. The summed E-state index contributed by atoms with van der Waals surface area (Å²) in [6.07, 6.45) is 2.94. The second-order valence-corrected chi connectivity index (χ2v) is 6.19. The van der Waals surface area contributed by atoms with Crippen molar-refractivity contribution in [2.45, 2.75) is 52.2 Å². The van der Waals surface area contributed by atoms with E-state index in [0.717, 1.165) is 24.8 Å². The third-order valence-corrected chi connectivity index (χ3v) is 4.36. The van der Waals surface area contributed by atoms with Gasteiger partial charge < -0.3 is 9.47 Å². The molecule has 1 saturated heterocycles. The number of hydrogen-bond donors (Lipinski definition) is 0. The molecular weight excluding hydrogens is 306 g/mol. The molecule has 5 heteroatoms. The number of benzene rings is 1. The summed E-state index contributed by atoms with van der Waals surface area (Å²) in [4.78, 5) is 26.0. The topological polar surface area (TPSA) is 55.8 Å². The first-order valence-corrected chi connectivity index (χ1v) is 8.78. The number of imide groups is 1. The lowest BCUT2D eigenvalue weighted by molar-refractivity contribution is -0.135. The Morgan fingerprint density at radius 1 is 1.33 bits per heavy atom. The van der Waals surface area contributed by atoms with Gasteiger partial charge in [0.15, 0.2) is 0 Å². The van der Waals surface area contributed by atoms with Gasteiger partial charge in [-0.05, 0) is 18.4 Å². The monoisotopic (exact) mass is 333 g/mol. The number of ether oxygens (including phenoxy) is 2. The summed E-state index contributed by atoms with van der Waals surface area (Å²) >= 11 is 0. The standard InChI is InChI=1S/C19H27NO4/c1-3-5-11-17-14-24-19(22)20(17)18(21)16(4-2)13-23-12-15-9-7-6-8-10-15/h6-10,16-17H,3-5,11-14H2,1-2H3/t16-,17+/m1/s1. The van der Waals surface area contributed by atoms with Crippen LogP contribution >= 0.6 is 0 Å². The fourth-order valence-corrected chi connectivity index (χ4v) is 2.84. The van der Waals surface area contributed by atoms with Gasteiger partial charge in [0.1, 0.15) is 6.61 Å². The maximum atomic E-state index is 12.7. The Balaban J connectivity index is 1.90. The van der Waals surface area contributed by atoms with Crippen LogP contribution in [0.5, 0.6) is 0 Å². The Morgan fingerprint density at radius 2 is 2.08 bits per heavy atom. The average Bonchev–Trinajstić information content (AvgIpc) is 2.98. The molecular formula is C19H27NO4. The molecule has 0 aromatic heterocycles. The van der Waals surface area contributed by atoms with E-state index >= 15 is 0 Å². The second-order valence-electron chi connectivity index (χ2n) is 6.19. The van der Waals surface area contributed by atoms with Gasteiger partial charge in [-0.1, -0.05) is 57.0 Å². The van der Waals surface area contributed by atoms with Crippen LogP contribution in [-0.4, -0.2) is 36.2 Å². The Bertz CT molecular complexity index is 531. The van der Waals surface area contributed by atoms with Crippen LogP contribution in [0.4, 0.5) is 4.79 Å². The normalized spacial score (nSPS) is 18.5. The van der Waals surface area contributed by atoms with E-state index in [4.69, 9.17) is 9.47 Å². The number of amides is 2. The van der Waals surface area contributed by atoms with Crippen LogP contribution in [0, 0.1) is 5.92 Å². The SMILES string of the molecule is CCCC[C@H]1COC(=O)N1C(=O)[C@H](CC)COCc1ccccc1. The minimum atomic E-state index is -0.511. The van der Waals surface area contributed by atoms with E-state index < -0.39 is 6.09 Å². The van der Waals surface area contributed by atoms with Crippen molar-refractivity contribution in [2.24, 2.45) is 5.92 Å². The van der Waals surface area contributed by atoms with Crippen molar-refractivity contribution in [2.75, 3.05) is 13.2 Å². The molecule has 0 saturated carbocycles. The molecule has 1 aliphatic rings. The van der Waals surface area contributed by atoms with E-state index in [1.807, 2.05) is 37.3 Å². The highest BCUT2D eigenvalue weighted by Gasteiger charge is 2.39. The molecule has 1 fully saturated rings. The summed E-state index contributed by atoms with van der Waals surface area (Å²) in [5.41, 5.74) is 1.07. The molecule has 2 amide bonds. The number of hydrogen-bond acceptors (Lipinski definition) is 4. The summed E-state index contributed by atoms with van der Waals surface area (Å²) in [5, 5.41) is 0. The van der Waals surface area contributed by atoms with Crippen molar-refractivity contribution in [3.8, 4) is 0 Å². The summed E-state index contributed by atoms with van der Waals surface area (Å²) in [6, 6.07) is 9.72. The molecule has 0 radical (unpaired) electrons. The Hall–Kier alpha value is -1.88. The van der Waals surface area contributed by atoms with Crippen molar-refractivity contribution in [3.05, 3.63) is 35.9 Å². The van der Waals surface area contributed by atoms with E-state index in [2.05, 4.69) is 6.92 Å². The molecule has 0 spiro atoms. The highest BCUT2D eigenvalue weighted by atomic mass is 16.6. The zero-order valence-electron chi connectivity index (χ0n) is 14.6. The molecule has 0 unspecified atom stereocenters. The molecule has 1 aromatic rings. The molecule has 1 aromatic carbocycles. The van der Waals surface area contributed by atoms with Crippen LogP contribution in [0.3, 0.4) is 0 Å². The van der Waals surface area contributed by atoms with E-state index in [-0.39, 0.29) is 17.9 Å². The van der Waals surface area contributed by atoms with Gasteiger partial charge in [-0.25, -0.2) is 9.69 Å². The van der Waals surface area contributed by atoms with Crippen LogP contribution in [0.15, 0.2) is 30.3 Å². The molecule has 0 bridgehead atoms. The van der Waals surface area contributed by atoms with Gasteiger partial charge in [-0.2, -0.15) is 0 Å². The summed E-state index contributed by atoms with van der Waals surface area (Å²) in [5.74, 6) is -0.488. The maximum Gasteiger partial charge on any atom is 0.416 e. The first-order valence-electron chi connectivity index (χ1n) is 8.78. The Labute approximate surface area is 143 Å². The fourth-order valence-electron chi connectivity index (χ4n) is 2.84. The highest BCUT2D eigenvalue weighted by Crippen LogP contribution is 2.22. The van der Waals surface area contributed by atoms with E-state index in [0.29, 0.717) is 26.2 Å². The van der Waals surface area contributed by atoms with Crippen LogP contribution in [0.2, 0.25) is 0 Å². The van der Waals surface area contributed by atoms with Gasteiger partial charge in [0.05, 0.1) is 25.2 Å². The lowest BCUT2D eigenvalue weighted by atomic mass is 10.0. The van der Waals surface area contributed by atoms with Gasteiger partial charge in [-0.15, -0.1) is 0 Å². The summed E-state index contributed by atoms with van der Waals surface area (Å²) < 4.78 is 10.8. The minimum absolute atomic E-state index is 0.131. The van der Waals surface area contributed by atoms with E-state index in [9.17, 15) is 9.59 Å². The number of carbonyl (C=O) groups is 2. The van der Waals surface area contributed by atoms with E-state index in [1.54, 1.807) is 0 Å². The van der Waals surface area contributed by atoms with Gasteiger partial charge >= 0.3 is 6.09 Å². The lowest BCUT2D eigenvalue weighted by Crippen LogP contribution is -2.43. The molecule has 2 rings (SSSR count). The first kappa shape index (κ1) is 18.5. The number of carbonyl (C=O) groups excluding carboxylic acids is 2. The number of unbranched alkanes of at least 4 members (excludes halogenated alkanes) is 1. The quantitative estimate of drug-likeness (QED) is 0.690. The summed E-state index contributed by atoms with van der Waals surface area (Å²) in [7, 11) is 0. The van der Waals surface area contributed by atoms with Crippen molar-refractivity contribution in [1.82, 2.24) is 4.90 Å². The molecule has 0 N–H and O–H groups in total. The van der Waals surface area contributed by atoms with Gasteiger partial charge in [-0.3, -0.25) is 4.79 Å². The smallest absolute Gasteiger partial charge is 0.416 e. The number of cyclic esters (lactones) is 1. The molecule has 2 atom stereocenters. The molecule has 132 valence electrons. The largest absolute Gasteiger partial charge is 0.447 e. The first-order chi connectivity index (χ1) is 11.7. The third kappa shape index (κ3) is 4.81. The van der Waals surface area contributed by atoms with Crippen molar-refractivity contribution in [1.29, 1.82) is 0 Å². The molecule has 1 heterocycles. The van der Waals surface area contributed by atoms with Crippen LogP contribution in [0.25, 0.3) is 0 Å². The zero-order valence-corrected chi connectivity index (χ0v) is 14.6. The van der Waals surface area contributed by atoms with Gasteiger partial charge in [0.2, 0.25) is 5.91 Å². The fraction of sp³-hybridized carbons (Fsp3) is 0.579.